The molecule has 102 valence electrons. The molecule has 2 nitrogen and oxygen atoms in total. The van der Waals surface area contributed by atoms with E-state index in [4.69, 9.17) is 40.5 Å². The molecule has 0 spiro atoms. The summed E-state index contributed by atoms with van der Waals surface area (Å²) in [5.74, 6) is -0.0562. The quantitative estimate of drug-likeness (QED) is 0.369. The molecule has 0 bridgehead atoms. The van der Waals surface area contributed by atoms with Crippen LogP contribution < -0.4 is 5.73 Å². The van der Waals surface area contributed by atoms with E-state index in [0.717, 1.165) is 11.1 Å². The van der Waals surface area contributed by atoms with Crippen molar-refractivity contribution in [2.75, 3.05) is 0 Å². The second kappa shape index (κ2) is 6.99. The standard InChI is InChI=1S/C14H15Cl3N2/c1-3-6-10-8-5-9-11(7-4-2)12(10)19-13(18)14(15,16)17/h3-5,8-9H,1-2,6-7H2,(H2,18,19). The maximum absolute atomic E-state index is 5.73. The number of hydrogen-bond acceptors (Lipinski definition) is 1. The summed E-state index contributed by atoms with van der Waals surface area (Å²) < 4.78 is -1.72. The lowest BCUT2D eigenvalue weighted by molar-refractivity contribution is 1.18. The van der Waals surface area contributed by atoms with Crippen LogP contribution in [0.15, 0.2) is 48.5 Å². The predicted molar refractivity (Wildman–Crippen MR) is 85.8 cm³/mol. The second-order valence-electron chi connectivity index (χ2n) is 3.91. The average molecular weight is 318 g/mol. The SMILES string of the molecule is C=CCc1cccc(CC=C)c1N=C(N)C(Cl)(Cl)Cl. The maximum atomic E-state index is 5.73. The van der Waals surface area contributed by atoms with Gasteiger partial charge in [0.25, 0.3) is 0 Å². The van der Waals surface area contributed by atoms with Crippen LogP contribution >= 0.6 is 34.8 Å². The Morgan fingerprint density at radius 2 is 1.63 bits per heavy atom. The number of amidine groups is 1. The smallest absolute Gasteiger partial charge is 0.247 e. The van der Waals surface area contributed by atoms with Crippen LogP contribution in [-0.2, 0) is 12.8 Å². The molecule has 1 aromatic carbocycles. The Hall–Kier alpha value is -0.960. The van der Waals surface area contributed by atoms with Crippen LogP contribution in [0, 0.1) is 0 Å². The van der Waals surface area contributed by atoms with E-state index in [-0.39, 0.29) is 5.84 Å². The van der Waals surface area contributed by atoms with Crippen molar-refractivity contribution in [2.45, 2.75) is 16.6 Å². The van der Waals surface area contributed by atoms with E-state index >= 15 is 0 Å². The van der Waals surface area contributed by atoms with E-state index in [1.165, 1.54) is 0 Å². The summed E-state index contributed by atoms with van der Waals surface area (Å²) in [4.78, 5) is 4.27. The van der Waals surface area contributed by atoms with Gasteiger partial charge in [-0.3, -0.25) is 0 Å². The molecule has 0 saturated carbocycles. The van der Waals surface area contributed by atoms with Crippen molar-refractivity contribution in [3.05, 3.63) is 54.6 Å². The summed E-state index contributed by atoms with van der Waals surface area (Å²) in [7, 11) is 0. The zero-order valence-corrected chi connectivity index (χ0v) is 12.6. The molecule has 0 radical (unpaired) electrons. The highest BCUT2D eigenvalue weighted by atomic mass is 35.6. The molecule has 0 unspecified atom stereocenters. The van der Waals surface area contributed by atoms with Gasteiger partial charge in [0.1, 0.15) is 0 Å². The van der Waals surface area contributed by atoms with Crippen molar-refractivity contribution < 1.29 is 0 Å². The van der Waals surface area contributed by atoms with E-state index in [1.807, 2.05) is 18.2 Å². The molecule has 0 aliphatic rings. The molecule has 19 heavy (non-hydrogen) atoms. The van der Waals surface area contributed by atoms with Crippen LogP contribution in [0.1, 0.15) is 11.1 Å². The first kappa shape index (κ1) is 16.1. The fourth-order valence-corrected chi connectivity index (χ4v) is 1.74. The van der Waals surface area contributed by atoms with E-state index < -0.39 is 3.79 Å². The number of aliphatic imine (C=N–C) groups is 1. The van der Waals surface area contributed by atoms with Gasteiger partial charge >= 0.3 is 0 Å². The minimum Gasteiger partial charge on any atom is -0.384 e. The molecule has 2 N–H and O–H groups in total. The van der Waals surface area contributed by atoms with Gasteiger partial charge in [0, 0.05) is 0 Å². The van der Waals surface area contributed by atoms with Gasteiger partial charge in [-0.05, 0) is 24.0 Å². The van der Waals surface area contributed by atoms with Crippen molar-refractivity contribution in [2.24, 2.45) is 10.7 Å². The number of halogens is 3. The number of nitrogens with zero attached hydrogens (tertiary/aromatic N) is 1. The largest absolute Gasteiger partial charge is 0.384 e. The van der Waals surface area contributed by atoms with Crippen LogP contribution in [0.25, 0.3) is 0 Å². The molecule has 5 heteroatoms. The number of benzene rings is 1. The number of hydrogen-bond donors (Lipinski definition) is 1. The highest BCUT2D eigenvalue weighted by molar-refractivity contribution is 6.76. The molecule has 0 saturated heterocycles. The molecule has 0 aliphatic carbocycles. The van der Waals surface area contributed by atoms with Crippen LogP contribution in [0.2, 0.25) is 0 Å². The summed E-state index contributed by atoms with van der Waals surface area (Å²) in [6.45, 7) is 7.45. The first-order valence-electron chi connectivity index (χ1n) is 5.64. The van der Waals surface area contributed by atoms with E-state index in [1.54, 1.807) is 12.2 Å². The first-order chi connectivity index (χ1) is 8.90. The third kappa shape index (κ3) is 4.57. The Bertz CT molecular complexity index is 474. The van der Waals surface area contributed by atoms with Crippen molar-refractivity contribution in [1.29, 1.82) is 0 Å². The third-order valence-electron chi connectivity index (χ3n) is 2.45. The molecule has 0 fully saturated rings. The molecule has 0 heterocycles. The number of nitrogens with two attached hydrogens (primary N) is 1. The molecule has 0 aliphatic heterocycles. The highest BCUT2D eigenvalue weighted by Crippen LogP contribution is 2.31. The lowest BCUT2D eigenvalue weighted by atomic mass is 10.0. The summed E-state index contributed by atoms with van der Waals surface area (Å²) in [5, 5.41) is 0. The van der Waals surface area contributed by atoms with Crippen molar-refractivity contribution >= 4 is 46.3 Å². The summed E-state index contributed by atoms with van der Waals surface area (Å²) in [6.07, 6.45) is 4.91. The monoisotopic (exact) mass is 316 g/mol. The summed E-state index contributed by atoms with van der Waals surface area (Å²) >= 11 is 17.2. The molecular weight excluding hydrogens is 303 g/mol. The topological polar surface area (TPSA) is 38.4 Å². The van der Waals surface area contributed by atoms with Gasteiger partial charge in [0.15, 0.2) is 5.84 Å². The van der Waals surface area contributed by atoms with Crippen molar-refractivity contribution in [3.8, 4) is 0 Å². The van der Waals surface area contributed by atoms with Gasteiger partial charge in [-0.15, -0.1) is 13.2 Å². The lowest BCUT2D eigenvalue weighted by Crippen LogP contribution is -2.28. The molecule has 0 aromatic heterocycles. The van der Waals surface area contributed by atoms with Crippen LogP contribution in [0.5, 0.6) is 0 Å². The summed E-state index contributed by atoms with van der Waals surface area (Å²) in [6, 6.07) is 5.83. The van der Waals surface area contributed by atoms with Gasteiger partial charge in [-0.1, -0.05) is 65.2 Å². The number of para-hydroxylation sites is 1. The minimum absolute atomic E-state index is 0.0562. The third-order valence-corrected chi connectivity index (χ3v) is 3.04. The lowest BCUT2D eigenvalue weighted by Gasteiger charge is -2.13. The fourth-order valence-electron chi connectivity index (χ4n) is 1.61. The second-order valence-corrected chi connectivity index (χ2v) is 6.19. The van der Waals surface area contributed by atoms with Gasteiger partial charge in [-0.2, -0.15) is 0 Å². The number of allylic oxidation sites excluding steroid dienone is 2. The van der Waals surface area contributed by atoms with E-state index in [2.05, 4.69) is 18.2 Å². The molecule has 0 atom stereocenters. The molecule has 1 aromatic rings. The van der Waals surface area contributed by atoms with E-state index in [9.17, 15) is 0 Å². The normalized spacial score (nSPS) is 12.3. The van der Waals surface area contributed by atoms with Crippen LogP contribution in [0.4, 0.5) is 5.69 Å². The fraction of sp³-hybridized carbons (Fsp3) is 0.214. The van der Waals surface area contributed by atoms with Crippen LogP contribution in [0.3, 0.4) is 0 Å². The van der Waals surface area contributed by atoms with Crippen molar-refractivity contribution in [1.82, 2.24) is 0 Å². The number of alkyl halides is 3. The van der Waals surface area contributed by atoms with Gasteiger partial charge in [0.2, 0.25) is 3.79 Å². The zero-order chi connectivity index (χ0) is 14.5. The Morgan fingerprint density at radius 3 is 2.00 bits per heavy atom. The van der Waals surface area contributed by atoms with Crippen LogP contribution in [-0.4, -0.2) is 9.63 Å². The Balaban J connectivity index is 3.35. The zero-order valence-electron chi connectivity index (χ0n) is 10.4. The Kier molecular flexibility index (Phi) is 5.92. The number of rotatable bonds is 5. The molecular formula is C14H15Cl3N2. The molecule has 1 rings (SSSR count). The van der Waals surface area contributed by atoms with Gasteiger partial charge < -0.3 is 5.73 Å². The van der Waals surface area contributed by atoms with E-state index in [0.29, 0.717) is 18.5 Å². The maximum Gasteiger partial charge on any atom is 0.247 e. The molecule has 0 amide bonds. The highest BCUT2D eigenvalue weighted by Gasteiger charge is 2.25. The van der Waals surface area contributed by atoms with Crippen molar-refractivity contribution in [3.63, 3.8) is 0 Å². The summed E-state index contributed by atoms with van der Waals surface area (Å²) in [5.41, 5.74) is 8.39. The Labute approximate surface area is 128 Å². The van der Waals surface area contributed by atoms with Gasteiger partial charge in [-0.25, -0.2) is 4.99 Å². The average Bonchev–Trinajstić information content (AvgIpc) is 2.32. The predicted octanol–water partition coefficient (Wildman–Crippen LogP) is 4.50. The van der Waals surface area contributed by atoms with Gasteiger partial charge in [0.05, 0.1) is 5.69 Å². The minimum atomic E-state index is -1.72. The Morgan fingerprint density at radius 1 is 1.16 bits per heavy atom. The first-order valence-corrected chi connectivity index (χ1v) is 6.77.